The highest BCUT2D eigenvalue weighted by Gasteiger charge is 2.16. The molecular formula is C18H26N2OS. The highest BCUT2D eigenvalue weighted by molar-refractivity contribution is 7.10. The number of rotatable bonds is 8. The maximum absolute atomic E-state index is 9.26. The maximum atomic E-state index is 9.26. The van der Waals surface area contributed by atoms with Crippen LogP contribution in [-0.4, -0.2) is 23.2 Å². The van der Waals surface area contributed by atoms with Gasteiger partial charge in [-0.3, -0.25) is 0 Å². The zero-order valence-corrected chi connectivity index (χ0v) is 14.5. The van der Waals surface area contributed by atoms with Gasteiger partial charge < -0.3 is 10.4 Å². The standard InChI is InChI=1S/C18H26N2OS/c1-14(19-11-7-10-18(2,3)13-21)17-20-16(12-22-17)15-8-5-4-6-9-15/h4-6,8-9,12,14,19,21H,7,10-11,13H2,1-3H3. The van der Waals surface area contributed by atoms with Gasteiger partial charge >= 0.3 is 0 Å². The molecule has 1 heterocycles. The SMILES string of the molecule is CC(NCCCC(C)(C)CO)c1nc(-c2ccccc2)cs1. The van der Waals surface area contributed by atoms with Crippen LogP contribution in [0.3, 0.4) is 0 Å². The minimum Gasteiger partial charge on any atom is -0.396 e. The Morgan fingerprint density at radius 3 is 2.68 bits per heavy atom. The van der Waals surface area contributed by atoms with Crippen LogP contribution in [0.2, 0.25) is 0 Å². The fraction of sp³-hybridized carbons (Fsp3) is 0.500. The van der Waals surface area contributed by atoms with Crippen molar-refractivity contribution in [2.24, 2.45) is 5.41 Å². The molecule has 120 valence electrons. The predicted molar refractivity (Wildman–Crippen MR) is 94.1 cm³/mol. The lowest BCUT2D eigenvalue weighted by Gasteiger charge is -2.21. The van der Waals surface area contributed by atoms with Crippen LogP contribution in [0, 0.1) is 5.41 Å². The molecule has 0 saturated heterocycles. The first-order valence-corrected chi connectivity index (χ1v) is 8.75. The zero-order chi connectivity index (χ0) is 16.0. The second-order valence-electron chi connectivity index (χ2n) is 6.54. The normalized spacial score (nSPS) is 13.3. The maximum Gasteiger partial charge on any atom is 0.110 e. The predicted octanol–water partition coefficient (Wildman–Crippen LogP) is 4.26. The summed E-state index contributed by atoms with van der Waals surface area (Å²) < 4.78 is 0. The van der Waals surface area contributed by atoms with E-state index >= 15 is 0 Å². The Kier molecular flexibility index (Phi) is 6.12. The molecule has 2 N–H and O–H groups in total. The van der Waals surface area contributed by atoms with E-state index in [0.717, 1.165) is 30.1 Å². The summed E-state index contributed by atoms with van der Waals surface area (Å²) in [7, 11) is 0. The summed E-state index contributed by atoms with van der Waals surface area (Å²) in [5, 5.41) is 16.0. The summed E-state index contributed by atoms with van der Waals surface area (Å²) in [6.45, 7) is 7.55. The van der Waals surface area contributed by atoms with Gasteiger partial charge in [0.05, 0.1) is 11.7 Å². The average Bonchev–Trinajstić information content (AvgIpc) is 3.02. The first-order chi connectivity index (χ1) is 10.5. The van der Waals surface area contributed by atoms with E-state index in [-0.39, 0.29) is 18.1 Å². The number of nitrogens with zero attached hydrogens (tertiary/aromatic N) is 1. The van der Waals surface area contributed by atoms with Crippen molar-refractivity contribution in [2.75, 3.05) is 13.2 Å². The molecule has 2 aromatic rings. The van der Waals surface area contributed by atoms with E-state index in [4.69, 9.17) is 4.98 Å². The van der Waals surface area contributed by atoms with Crippen LogP contribution in [0.25, 0.3) is 11.3 Å². The summed E-state index contributed by atoms with van der Waals surface area (Å²) in [5.74, 6) is 0. The molecule has 2 rings (SSSR count). The molecule has 1 atom stereocenters. The van der Waals surface area contributed by atoms with E-state index in [9.17, 15) is 5.11 Å². The topological polar surface area (TPSA) is 45.1 Å². The Hall–Kier alpha value is -1.23. The molecule has 0 aliphatic carbocycles. The Morgan fingerprint density at radius 1 is 1.27 bits per heavy atom. The van der Waals surface area contributed by atoms with Gasteiger partial charge in [0.15, 0.2) is 0 Å². The number of nitrogens with one attached hydrogen (secondary N) is 1. The second-order valence-corrected chi connectivity index (χ2v) is 7.43. The fourth-order valence-corrected chi connectivity index (χ4v) is 3.14. The van der Waals surface area contributed by atoms with Gasteiger partial charge in [0.2, 0.25) is 0 Å². The van der Waals surface area contributed by atoms with Gasteiger partial charge in [-0.2, -0.15) is 0 Å². The van der Waals surface area contributed by atoms with Gasteiger partial charge in [0.1, 0.15) is 5.01 Å². The lowest BCUT2D eigenvalue weighted by atomic mass is 9.89. The van der Waals surface area contributed by atoms with Gasteiger partial charge in [0.25, 0.3) is 0 Å². The number of hydrogen-bond acceptors (Lipinski definition) is 4. The number of aliphatic hydroxyl groups is 1. The highest BCUT2D eigenvalue weighted by atomic mass is 32.1. The first-order valence-electron chi connectivity index (χ1n) is 7.87. The third-order valence-corrected chi connectivity index (χ3v) is 4.90. The zero-order valence-electron chi connectivity index (χ0n) is 13.7. The number of thiazole rings is 1. The molecule has 0 saturated carbocycles. The molecule has 0 radical (unpaired) electrons. The van der Waals surface area contributed by atoms with Crippen molar-refractivity contribution in [3.63, 3.8) is 0 Å². The molecule has 22 heavy (non-hydrogen) atoms. The van der Waals surface area contributed by atoms with E-state index in [2.05, 4.69) is 43.6 Å². The molecule has 0 aliphatic heterocycles. The molecule has 0 bridgehead atoms. The monoisotopic (exact) mass is 318 g/mol. The van der Waals surface area contributed by atoms with E-state index in [1.165, 1.54) is 5.56 Å². The van der Waals surface area contributed by atoms with Crippen LogP contribution in [-0.2, 0) is 0 Å². The fourth-order valence-electron chi connectivity index (χ4n) is 2.28. The van der Waals surface area contributed by atoms with Crippen LogP contribution in [0.4, 0.5) is 0 Å². The van der Waals surface area contributed by atoms with Crippen molar-refractivity contribution in [3.8, 4) is 11.3 Å². The van der Waals surface area contributed by atoms with Crippen molar-refractivity contribution in [2.45, 2.75) is 39.7 Å². The number of aliphatic hydroxyl groups excluding tert-OH is 1. The molecule has 3 nitrogen and oxygen atoms in total. The Bertz CT molecular complexity index is 565. The molecule has 4 heteroatoms. The molecule has 0 fully saturated rings. The lowest BCUT2D eigenvalue weighted by molar-refractivity contribution is 0.147. The second kappa shape index (κ2) is 7.86. The van der Waals surface area contributed by atoms with Crippen LogP contribution in [0.1, 0.15) is 44.7 Å². The third kappa shape index (κ3) is 4.90. The quantitative estimate of drug-likeness (QED) is 0.715. The largest absolute Gasteiger partial charge is 0.396 e. The molecule has 0 spiro atoms. The molecular weight excluding hydrogens is 292 g/mol. The summed E-state index contributed by atoms with van der Waals surface area (Å²) in [5.41, 5.74) is 2.24. The summed E-state index contributed by atoms with van der Waals surface area (Å²) >= 11 is 1.71. The minimum absolute atomic E-state index is 0.0204. The number of benzene rings is 1. The number of hydrogen-bond donors (Lipinski definition) is 2. The van der Waals surface area contributed by atoms with E-state index in [0.29, 0.717) is 0 Å². The van der Waals surface area contributed by atoms with Gasteiger partial charge in [-0.25, -0.2) is 4.98 Å². The van der Waals surface area contributed by atoms with Crippen LogP contribution in [0.5, 0.6) is 0 Å². The van der Waals surface area contributed by atoms with Crippen LogP contribution in [0.15, 0.2) is 35.7 Å². The van der Waals surface area contributed by atoms with Gasteiger partial charge in [-0.1, -0.05) is 44.2 Å². The average molecular weight is 318 g/mol. The van der Waals surface area contributed by atoms with E-state index in [1.54, 1.807) is 11.3 Å². The third-order valence-electron chi connectivity index (χ3n) is 3.87. The highest BCUT2D eigenvalue weighted by Crippen LogP contribution is 2.25. The van der Waals surface area contributed by atoms with Gasteiger partial charge in [0, 0.05) is 17.6 Å². The molecule has 1 aromatic heterocycles. The van der Waals surface area contributed by atoms with Gasteiger partial charge in [-0.15, -0.1) is 11.3 Å². The summed E-state index contributed by atoms with van der Waals surface area (Å²) in [6.07, 6.45) is 2.09. The Balaban J connectivity index is 1.84. The van der Waals surface area contributed by atoms with Crippen molar-refractivity contribution in [1.29, 1.82) is 0 Å². The summed E-state index contributed by atoms with van der Waals surface area (Å²) in [4.78, 5) is 4.74. The van der Waals surface area contributed by atoms with Crippen molar-refractivity contribution < 1.29 is 5.11 Å². The molecule has 0 amide bonds. The van der Waals surface area contributed by atoms with Crippen LogP contribution < -0.4 is 5.32 Å². The molecule has 1 unspecified atom stereocenters. The Morgan fingerprint density at radius 2 is 2.00 bits per heavy atom. The first kappa shape index (κ1) is 17.1. The Labute approximate surface area is 137 Å². The van der Waals surface area contributed by atoms with E-state index < -0.39 is 0 Å². The molecule has 1 aromatic carbocycles. The van der Waals surface area contributed by atoms with Crippen molar-refractivity contribution >= 4 is 11.3 Å². The smallest absolute Gasteiger partial charge is 0.110 e. The molecule has 0 aliphatic rings. The van der Waals surface area contributed by atoms with Crippen LogP contribution >= 0.6 is 11.3 Å². The lowest BCUT2D eigenvalue weighted by Crippen LogP contribution is -2.23. The van der Waals surface area contributed by atoms with Crippen molar-refractivity contribution in [1.82, 2.24) is 10.3 Å². The minimum atomic E-state index is 0.0204. The summed E-state index contributed by atoms with van der Waals surface area (Å²) in [6, 6.07) is 10.5. The van der Waals surface area contributed by atoms with Gasteiger partial charge in [-0.05, 0) is 31.7 Å². The van der Waals surface area contributed by atoms with Crippen molar-refractivity contribution in [3.05, 3.63) is 40.7 Å². The van der Waals surface area contributed by atoms with E-state index in [1.807, 2.05) is 18.2 Å². The number of aromatic nitrogens is 1.